The summed E-state index contributed by atoms with van der Waals surface area (Å²) in [5.41, 5.74) is -0.432. The molecule has 0 aromatic heterocycles. The van der Waals surface area contributed by atoms with Crippen molar-refractivity contribution in [3.63, 3.8) is 0 Å². The third kappa shape index (κ3) is 10.3. The lowest BCUT2D eigenvalue weighted by Crippen LogP contribution is -2.13. The van der Waals surface area contributed by atoms with Gasteiger partial charge in [0.2, 0.25) is 0 Å². The van der Waals surface area contributed by atoms with Gasteiger partial charge < -0.3 is 4.74 Å². The molecule has 0 saturated heterocycles. The largest absolute Gasteiger partial charge is 0.344 e. The van der Waals surface area contributed by atoms with Gasteiger partial charge in [0.1, 0.15) is 11.1 Å². The summed E-state index contributed by atoms with van der Waals surface area (Å²) in [4.78, 5) is 0. The summed E-state index contributed by atoms with van der Waals surface area (Å²) < 4.78 is 7.61. The van der Waals surface area contributed by atoms with Crippen molar-refractivity contribution in [2.45, 2.75) is 36.8 Å². The highest BCUT2D eigenvalue weighted by atomic mass is 127. The third-order valence-corrected chi connectivity index (χ3v) is 3.59. The van der Waals surface area contributed by atoms with Gasteiger partial charge >= 0.3 is 0 Å². The topological polar surface area (TPSA) is 9.23 Å². The van der Waals surface area contributed by atoms with Crippen LogP contribution in [0.15, 0.2) is 0 Å². The Balaban J connectivity index is 3.35. The minimum absolute atomic E-state index is 0.216. The molecule has 13 heavy (non-hydrogen) atoms. The molecule has 2 unspecified atom stereocenters. The van der Waals surface area contributed by atoms with Crippen LogP contribution in [0.3, 0.4) is 0 Å². The van der Waals surface area contributed by atoms with Crippen molar-refractivity contribution in [3.8, 4) is 0 Å². The van der Waals surface area contributed by atoms with E-state index < -0.39 is 0 Å². The van der Waals surface area contributed by atoms with E-state index in [9.17, 15) is 0 Å². The molecule has 0 saturated carbocycles. The molecule has 0 heterocycles. The monoisotopic (exact) mass is 450 g/mol. The van der Waals surface area contributed by atoms with E-state index in [1.807, 2.05) is 0 Å². The Bertz CT molecular complexity index is 104. The molecule has 2 atom stereocenters. The Kier molecular flexibility index (Phi) is 12.1. The molecule has 80 valence electrons. The Labute approximate surface area is 118 Å². The van der Waals surface area contributed by atoms with Gasteiger partial charge in [-0.25, -0.2) is 0 Å². The van der Waals surface area contributed by atoms with Gasteiger partial charge in [0, 0.05) is 0 Å². The van der Waals surface area contributed by atoms with Crippen molar-refractivity contribution in [3.05, 3.63) is 0 Å². The van der Waals surface area contributed by atoms with Crippen molar-refractivity contribution >= 4 is 68.4 Å². The van der Waals surface area contributed by atoms with Gasteiger partial charge in [-0.1, -0.05) is 68.4 Å². The van der Waals surface area contributed by atoms with E-state index in [-0.39, 0.29) is 11.1 Å². The van der Waals surface area contributed by atoms with Crippen molar-refractivity contribution in [1.82, 2.24) is 0 Å². The summed E-state index contributed by atoms with van der Waals surface area (Å²) in [6.07, 6.45) is 3.95. The maximum absolute atomic E-state index is 5.92. The summed E-state index contributed by atoms with van der Waals surface area (Å²) in [6.45, 7) is 0. The standard InChI is InChI=1S/C8H14Cl2I2O/c9-7(3-1-5-11)13-8(10)4-2-6-12/h7-8H,1-6H2. The normalized spacial score (nSPS) is 15.7. The average Bonchev–Trinajstić information content (AvgIpc) is 2.11. The lowest BCUT2D eigenvalue weighted by Gasteiger charge is -2.14. The van der Waals surface area contributed by atoms with Gasteiger partial charge in [0.15, 0.2) is 0 Å². The second-order valence-electron chi connectivity index (χ2n) is 2.62. The van der Waals surface area contributed by atoms with Crippen LogP contribution in [-0.4, -0.2) is 20.0 Å². The first-order valence-electron chi connectivity index (χ1n) is 4.26. The van der Waals surface area contributed by atoms with Gasteiger partial charge in [-0.3, -0.25) is 0 Å². The first kappa shape index (κ1) is 15.0. The second kappa shape index (κ2) is 10.5. The fourth-order valence-electron chi connectivity index (χ4n) is 0.772. The smallest absolute Gasteiger partial charge is 0.133 e. The van der Waals surface area contributed by atoms with Crippen LogP contribution in [0, 0.1) is 0 Å². The Hall–Kier alpha value is 2.00. The number of hydrogen-bond donors (Lipinski definition) is 0. The van der Waals surface area contributed by atoms with E-state index in [1.54, 1.807) is 0 Å². The van der Waals surface area contributed by atoms with Gasteiger partial charge in [0.05, 0.1) is 0 Å². The number of hydrogen-bond acceptors (Lipinski definition) is 1. The summed E-state index contributed by atoms with van der Waals surface area (Å²) >= 11 is 16.5. The van der Waals surface area contributed by atoms with Crippen molar-refractivity contribution < 1.29 is 4.74 Å². The fourth-order valence-corrected chi connectivity index (χ4v) is 2.26. The molecular weight excluding hydrogens is 437 g/mol. The first-order chi connectivity index (χ1) is 6.20. The number of halogens is 4. The van der Waals surface area contributed by atoms with Gasteiger partial charge in [-0.05, 0) is 34.5 Å². The summed E-state index contributed by atoms with van der Waals surface area (Å²) in [6, 6.07) is 0. The molecule has 0 aromatic carbocycles. The van der Waals surface area contributed by atoms with Crippen LogP contribution in [0.1, 0.15) is 25.7 Å². The molecule has 0 N–H and O–H groups in total. The fraction of sp³-hybridized carbons (Fsp3) is 1.00. The first-order valence-corrected chi connectivity index (χ1v) is 8.18. The van der Waals surface area contributed by atoms with Crippen LogP contribution in [0.25, 0.3) is 0 Å². The van der Waals surface area contributed by atoms with Gasteiger partial charge in [-0.2, -0.15) is 0 Å². The van der Waals surface area contributed by atoms with Gasteiger partial charge in [0.25, 0.3) is 0 Å². The Morgan fingerprint density at radius 1 is 0.923 bits per heavy atom. The van der Waals surface area contributed by atoms with Crippen molar-refractivity contribution in [2.24, 2.45) is 0 Å². The lowest BCUT2D eigenvalue weighted by molar-refractivity contribution is 0.0719. The van der Waals surface area contributed by atoms with Crippen molar-refractivity contribution in [2.75, 3.05) is 8.86 Å². The molecule has 0 amide bonds. The zero-order valence-electron chi connectivity index (χ0n) is 7.32. The SMILES string of the molecule is ClC(CCCI)OC(Cl)CCCI. The van der Waals surface area contributed by atoms with E-state index >= 15 is 0 Å². The third-order valence-electron chi connectivity index (χ3n) is 1.42. The predicted octanol–water partition coefficient (Wildman–Crippen LogP) is 4.56. The van der Waals surface area contributed by atoms with E-state index in [2.05, 4.69) is 45.2 Å². The van der Waals surface area contributed by atoms with Gasteiger partial charge in [-0.15, -0.1) is 0 Å². The second-order valence-corrected chi connectivity index (χ2v) is 5.75. The number of rotatable bonds is 8. The molecule has 0 rings (SSSR count). The highest BCUT2D eigenvalue weighted by molar-refractivity contribution is 14.1. The van der Waals surface area contributed by atoms with Crippen LogP contribution >= 0.6 is 68.4 Å². The maximum Gasteiger partial charge on any atom is 0.133 e. The lowest BCUT2D eigenvalue weighted by atomic mass is 10.3. The minimum Gasteiger partial charge on any atom is -0.344 e. The molecule has 0 fully saturated rings. The summed E-state index contributed by atoms with van der Waals surface area (Å²) in [7, 11) is 0. The Morgan fingerprint density at radius 2 is 1.31 bits per heavy atom. The highest BCUT2D eigenvalue weighted by Crippen LogP contribution is 2.16. The van der Waals surface area contributed by atoms with Crippen LogP contribution in [0.5, 0.6) is 0 Å². The minimum atomic E-state index is -0.216. The van der Waals surface area contributed by atoms with E-state index in [0.717, 1.165) is 34.5 Å². The number of ether oxygens (including phenoxy) is 1. The summed E-state index contributed by atoms with van der Waals surface area (Å²) in [5.74, 6) is 0. The zero-order chi connectivity index (χ0) is 10.1. The van der Waals surface area contributed by atoms with Crippen molar-refractivity contribution in [1.29, 1.82) is 0 Å². The molecule has 0 bridgehead atoms. The molecule has 0 spiro atoms. The van der Waals surface area contributed by atoms with Crippen LogP contribution in [-0.2, 0) is 4.74 Å². The highest BCUT2D eigenvalue weighted by Gasteiger charge is 2.10. The van der Waals surface area contributed by atoms with E-state index in [0.29, 0.717) is 0 Å². The molecule has 0 aliphatic rings. The zero-order valence-corrected chi connectivity index (χ0v) is 13.1. The molecule has 5 heteroatoms. The van der Waals surface area contributed by atoms with Crippen LogP contribution in [0.2, 0.25) is 0 Å². The quantitative estimate of drug-likeness (QED) is 0.389. The molecule has 0 radical (unpaired) electrons. The van der Waals surface area contributed by atoms with E-state index in [1.165, 1.54) is 0 Å². The molecule has 1 nitrogen and oxygen atoms in total. The van der Waals surface area contributed by atoms with E-state index in [4.69, 9.17) is 27.9 Å². The Morgan fingerprint density at radius 3 is 1.62 bits per heavy atom. The maximum atomic E-state index is 5.92. The number of alkyl halides is 4. The summed E-state index contributed by atoms with van der Waals surface area (Å²) in [5, 5.41) is 0. The molecular formula is C8H14Cl2I2O. The predicted molar refractivity (Wildman–Crippen MR) is 76.6 cm³/mol. The molecule has 0 aromatic rings. The molecule has 0 aliphatic heterocycles. The average molecular weight is 451 g/mol. The molecule has 0 aliphatic carbocycles. The van der Waals surface area contributed by atoms with Crippen LogP contribution < -0.4 is 0 Å². The van der Waals surface area contributed by atoms with Crippen LogP contribution in [0.4, 0.5) is 0 Å².